The maximum atomic E-state index is 13.1. The highest BCUT2D eigenvalue weighted by Crippen LogP contribution is 2.34. The van der Waals surface area contributed by atoms with E-state index in [9.17, 15) is 9.59 Å². The number of rotatable bonds is 8. The number of carbonyl (C=O) groups excluding carboxylic acids is 1. The molecule has 0 N–H and O–H groups in total. The molecule has 0 unspecified atom stereocenters. The van der Waals surface area contributed by atoms with E-state index in [1.165, 1.54) is 11.6 Å². The molecule has 2 aromatic carbocycles. The number of aromatic nitrogens is 1. The molecule has 0 fully saturated rings. The van der Waals surface area contributed by atoms with E-state index in [4.69, 9.17) is 32.7 Å². The van der Waals surface area contributed by atoms with Gasteiger partial charge in [0, 0.05) is 24.8 Å². The summed E-state index contributed by atoms with van der Waals surface area (Å²) in [4.78, 5) is 27.6. The maximum absolute atomic E-state index is 13.1. The molecule has 4 rings (SSSR count). The van der Waals surface area contributed by atoms with Crippen LogP contribution in [-0.4, -0.2) is 29.3 Å². The first kappa shape index (κ1) is 27.1. The van der Waals surface area contributed by atoms with Crippen LogP contribution in [0.2, 0.25) is 10.0 Å². The largest absolute Gasteiger partial charge is 0.494 e. The Labute approximate surface area is 227 Å². The summed E-state index contributed by atoms with van der Waals surface area (Å²) >= 11 is 12.9. The lowest BCUT2D eigenvalue weighted by atomic mass is 10.1. The molecule has 0 atom stereocenters. The monoisotopic (exact) mass is 542 g/mol. The van der Waals surface area contributed by atoms with Gasteiger partial charge >= 0.3 is 5.97 Å². The lowest BCUT2D eigenvalue weighted by Crippen LogP contribution is -2.30. The van der Waals surface area contributed by atoms with Crippen molar-refractivity contribution in [2.75, 3.05) is 18.1 Å². The smallest absolute Gasteiger partial charge is 0.338 e. The van der Waals surface area contributed by atoms with Crippen LogP contribution in [-0.2, 0) is 30.7 Å². The number of aryl methyl sites for hydroxylation is 1. The number of anilines is 1. The zero-order chi connectivity index (χ0) is 26.7. The van der Waals surface area contributed by atoms with Crippen LogP contribution in [0.5, 0.6) is 5.75 Å². The molecule has 0 radical (unpaired) electrons. The van der Waals surface area contributed by atoms with Crippen molar-refractivity contribution in [3.05, 3.63) is 91.3 Å². The van der Waals surface area contributed by atoms with Gasteiger partial charge in [0.25, 0.3) is 5.56 Å². The quantitative estimate of drug-likeness (QED) is 0.312. The van der Waals surface area contributed by atoms with Gasteiger partial charge in [-0.1, -0.05) is 41.4 Å². The van der Waals surface area contributed by atoms with Crippen molar-refractivity contribution in [2.45, 2.75) is 59.2 Å². The summed E-state index contributed by atoms with van der Waals surface area (Å²) < 4.78 is 12.8. The number of ether oxygens (including phenoxy) is 2. The number of nitrogens with zero attached hydrogens (tertiary/aromatic N) is 2. The third-order valence-corrected chi connectivity index (χ3v) is 6.82. The van der Waals surface area contributed by atoms with E-state index < -0.39 is 5.60 Å². The summed E-state index contributed by atoms with van der Waals surface area (Å²) in [6.45, 7) is 9.77. The fraction of sp³-hybridized carbons (Fsp3) is 0.379. The van der Waals surface area contributed by atoms with Crippen LogP contribution in [0, 0.1) is 0 Å². The molecular formula is C29H32Cl2N2O4. The molecule has 2 heterocycles. The molecule has 37 heavy (non-hydrogen) atoms. The van der Waals surface area contributed by atoms with E-state index in [1.807, 2.05) is 52.0 Å². The SMILES string of the molecule is CCOc1ccc2c(c1)N(Cc1c(Cl)cc(Cl)c(=O)n1CCc1ccc(C(=O)OC(C)(C)C)cc1)CC2. The van der Waals surface area contributed by atoms with Crippen LogP contribution in [0.25, 0.3) is 0 Å². The van der Waals surface area contributed by atoms with Gasteiger partial charge < -0.3 is 18.9 Å². The van der Waals surface area contributed by atoms with E-state index in [0.717, 1.165) is 35.7 Å². The normalized spacial score (nSPS) is 13.0. The predicted molar refractivity (Wildman–Crippen MR) is 148 cm³/mol. The van der Waals surface area contributed by atoms with Crippen LogP contribution in [0.1, 0.15) is 54.9 Å². The minimum atomic E-state index is -0.556. The Bertz CT molecular complexity index is 1340. The van der Waals surface area contributed by atoms with E-state index >= 15 is 0 Å². The fourth-order valence-electron chi connectivity index (χ4n) is 4.45. The Morgan fingerprint density at radius 1 is 1.03 bits per heavy atom. The molecule has 196 valence electrons. The predicted octanol–water partition coefficient (Wildman–Crippen LogP) is 6.31. The highest BCUT2D eigenvalue weighted by atomic mass is 35.5. The van der Waals surface area contributed by atoms with Crippen LogP contribution in [0.3, 0.4) is 0 Å². The number of fused-ring (bicyclic) bond motifs is 1. The number of hydrogen-bond acceptors (Lipinski definition) is 5. The number of benzene rings is 2. The Hall–Kier alpha value is -2.96. The molecule has 1 aromatic heterocycles. The second-order valence-electron chi connectivity index (χ2n) is 10.1. The van der Waals surface area contributed by atoms with Crippen LogP contribution in [0.15, 0.2) is 53.3 Å². The molecule has 0 amide bonds. The molecule has 0 aliphatic carbocycles. The zero-order valence-electron chi connectivity index (χ0n) is 21.6. The fourth-order valence-corrected chi connectivity index (χ4v) is 4.98. The lowest BCUT2D eigenvalue weighted by Gasteiger charge is -2.24. The van der Waals surface area contributed by atoms with E-state index in [0.29, 0.717) is 36.7 Å². The summed E-state index contributed by atoms with van der Waals surface area (Å²) in [5, 5.41) is 0.550. The molecule has 0 saturated heterocycles. The van der Waals surface area contributed by atoms with Gasteiger partial charge in [-0.2, -0.15) is 0 Å². The molecule has 1 aliphatic rings. The van der Waals surface area contributed by atoms with Gasteiger partial charge in [-0.05, 0) is 75.9 Å². The van der Waals surface area contributed by atoms with Crippen molar-refractivity contribution in [3.8, 4) is 5.75 Å². The van der Waals surface area contributed by atoms with Gasteiger partial charge in [-0.3, -0.25) is 4.79 Å². The first-order chi connectivity index (χ1) is 17.6. The van der Waals surface area contributed by atoms with Crippen molar-refractivity contribution in [3.63, 3.8) is 0 Å². The second-order valence-corrected chi connectivity index (χ2v) is 10.9. The highest BCUT2D eigenvalue weighted by Gasteiger charge is 2.23. The van der Waals surface area contributed by atoms with E-state index in [1.54, 1.807) is 16.7 Å². The topological polar surface area (TPSA) is 60.8 Å². The van der Waals surface area contributed by atoms with Gasteiger partial charge in [0.2, 0.25) is 0 Å². The summed E-state index contributed by atoms with van der Waals surface area (Å²) in [6.07, 6.45) is 1.49. The molecule has 0 bridgehead atoms. The summed E-state index contributed by atoms with van der Waals surface area (Å²) in [6, 6.07) is 14.9. The van der Waals surface area contributed by atoms with Gasteiger partial charge in [0.15, 0.2) is 0 Å². The highest BCUT2D eigenvalue weighted by molar-refractivity contribution is 6.34. The van der Waals surface area contributed by atoms with Crippen LogP contribution < -0.4 is 15.2 Å². The molecule has 6 nitrogen and oxygen atoms in total. The third kappa shape index (κ3) is 6.49. The van der Waals surface area contributed by atoms with E-state index in [-0.39, 0.29) is 16.6 Å². The van der Waals surface area contributed by atoms with Gasteiger partial charge in [0.1, 0.15) is 16.4 Å². The molecule has 8 heteroatoms. The lowest BCUT2D eigenvalue weighted by molar-refractivity contribution is 0.00695. The summed E-state index contributed by atoms with van der Waals surface area (Å²) in [7, 11) is 0. The Morgan fingerprint density at radius 3 is 2.43 bits per heavy atom. The zero-order valence-corrected chi connectivity index (χ0v) is 23.2. The number of halogens is 2. The second kappa shape index (κ2) is 11.2. The maximum Gasteiger partial charge on any atom is 0.338 e. The van der Waals surface area contributed by atoms with Gasteiger partial charge in [-0.25, -0.2) is 4.79 Å². The minimum Gasteiger partial charge on any atom is -0.494 e. The Morgan fingerprint density at radius 2 is 1.76 bits per heavy atom. The summed E-state index contributed by atoms with van der Waals surface area (Å²) in [5.41, 5.74) is 3.70. The molecule has 0 saturated carbocycles. The first-order valence-corrected chi connectivity index (χ1v) is 13.2. The standard InChI is InChI=1S/C29H32Cl2N2O4/c1-5-36-22-11-10-20-13-14-32(25(20)16-22)18-26-23(30)17-24(31)27(34)33(26)15-12-19-6-8-21(9-7-19)28(35)37-29(2,3)4/h6-11,16-17H,5,12-15,18H2,1-4H3. The number of hydrogen-bond donors (Lipinski definition) is 0. The Balaban J connectivity index is 1.54. The molecule has 3 aromatic rings. The van der Waals surface area contributed by atoms with E-state index in [2.05, 4.69) is 11.0 Å². The first-order valence-electron chi connectivity index (χ1n) is 12.5. The van der Waals surface area contributed by atoms with Crippen molar-refractivity contribution in [1.82, 2.24) is 4.57 Å². The number of pyridine rings is 1. The molecular weight excluding hydrogens is 511 g/mol. The van der Waals surface area contributed by atoms with Crippen molar-refractivity contribution in [1.29, 1.82) is 0 Å². The van der Waals surface area contributed by atoms with Crippen molar-refractivity contribution in [2.24, 2.45) is 0 Å². The molecule has 1 aliphatic heterocycles. The van der Waals surface area contributed by atoms with Crippen LogP contribution in [0.4, 0.5) is 5.69 Å². The van der Waals surface area contributed by atoms with Crippen molar-refractivity contribution < 1.29 is 14.3 Å². The van der Waals surface area contributed by atoms with Crippen LogP contribution >= 0.6 is 23.2 Å². The minimum absolute atomic E-state index is 0.0921. The third-order valence-electron chi connectivity index (χ3n) is 6.22. The van der Waals surface area contributed by atoms with Crippen molar-refractivity contribution >= 4 is 34.9 Å². The van der Waals surface area contributed by atoms with Gasteiger partial charge in [0.05, 0.1) is 29.4 Å². The Kier molecular flexibility index (Phi) is 8.20. The molecule has 0 spiro atoms. The average Bonchev–Trinajstić information content (AvgIpc) is 3.23. The average molecular weight is 543 g/mol. The summed E-state index contributed by atoms with van der Waals surface area (Å²) in [5.74, 6) is 0.458. The number of esters is 1. The number of carbonyl (C=O) groups is 1. The van der Waals surface area contributed by atoms with Gasteiger partial charge in [-0.15, -0.1) is 0 Å².